The summed E-state index contributed by atoms with van der Waals surface area (Å²) in [5, 5.41) is 6.72. The lowest BCUT2D eigenvalue weighted by Gasteiger charge is -2.37. The van der Waals surface area contributed by atoms with E-state index in [1.807, 2.05) is 17.5 Å². The molecule has 29 heavy (non-hydrogen) atoms. The number of carbonyl (C=O) groups is 2. The van der Waals surface area contributed by atoms with Crippen LogP contribution in [0.3, 0.4) is 0 Å². The number of hydrogen-bond donors (Lipinski definition) is 0. The molecule has 1 amide bonds. The standard InChI is InChI=1S/C20H21N3O4S2/c24-18(26-10-12-8-16(27-22-12)17-6-3-7-28-17)9-13-11-29-20-21-15-5-2-1-4-14(15)19(25)23(13)20/h3,6-8,13-15H,1-2,4-5,9-11H2. The van der Waals surface area contributed by atoms with Crippen molar-refractivity contribution in [2.24, 2.45) is 10.9 Å². The van der Waals surface area contributed by atoms with Crippen LogP contribution < -0.4 is 0 Å². The highest BCUT2D eigenvalue weighted by molar-refractivity contribution is 8.14. The molecule has 4 heterocycles. The summed E-state index contributed by atoms with van der Waals surface area (Å²) in [5.41, 5.74) is 0.573. The predicted molar refractivity (Wildman–Crippen MR) is 111 cm³/mol. The average Bonchev–Trinajstić information content (AvgIpc) is 3.48. The van der Waals surface area contributed by atoms with Crippen molar-refractivity contribution in [1.29, 1.82) is 0 Å². The summed E-state index contributed by atoms with van der Waals surface area (Å²) in [6.07, 6.45) is 4.28. The third kappa shape index (κ3) is 3.73. The van der Waals surface area contributed by atoms with Gasteiger partial charge < -0.3 is 9.26 Å². The highest BCUT2D eigenvalue weighted by atomic mass is 32.2. The minimum absolute atomic E-state index is 0.0180. The number of aliphatic imine (C=N–C) groups is 1. The Bertz CT molecular complexity index is 939. The molecule has 2 aromatic rings. The van der Waals surface area contributed by atoms with Gasteiger partial charge in [-0.15, -0.1) is 11.3 Å². The molecular formula is C20H21N3O4S2. The zero-order valence-corrected chi connectivity index (χ0v) is 17.4. The number of amides is 1. The molecule has 1 aliphatic carbocycles. The van der Waals surface area contributed by atoms with Crippen LogP contribution in [0.1, 0.15) is 37.8 Å². The first-order valence-corrected chi connectivity index (χ1v) is 11.7. The first-order valence-electron chi connectivity index (χ1n) is 9.88. The van der Waals surface area contributed by atoms with Crippen molar-refractivity contribution in [3.8, 4) is 10.6 Å². The summed E-state index contributed by atoms with van der Waals surface area (Å²) in [7, 11) is 0. The summed E-state index contributed by atoms with van der Waals surface area (Å²) in [6.45, 7) is 0.0627. The van der Waals surface area contributed by atoms with Crippen LogP contribution >= 0.6 is 23.1 Å². The van der Waals surface area contributed by atoms with Gasteiger partial charge in [0, 0.05) is 11.8 Å². The third-order valence-corrected chi connectivity index (χ3v) is 7.64. The second kappa shape index (κ2) is 7.95. The van der Waals surface area contributed by atoms with Gasteiger partial charge in [0.2, 0.25) is 5.91 Å². The Morgan fingerprint density at radius 2 is 2.24 bits per heavy atom. The number of carbonyl (C=O) groups excluding carboxylic acids is 2. The molecule has 0 bridgehead atoms. The molecule has 0 radical (unpaired) electrons. The van der Waals surface area contributed by atoms with Crippen molar-refractivity contribution in [2.45, 2.75) is 50.8 Å². The quantitative estimate of drug-likeness (QED) is 0.671. The van der Waals surface area contributed by atoms with Gasteiger partial charge >= 0.3 is 5.97 Å². The molecule has 0 aromatic carbocycles. The highest BCUT2D eigenvalue weighted by Gasteiger charge is 2.46. The largest absolute Gasteiger partial charge is 0.459 e. The summed E-state index contributed by atoms with van der Waals surface area (Å²) in [6, 6.07) is 5.62. The maximum absolute atomic E-state index is 13.0. The minimum atomic E-state index is -0.337. The maximum atomic E-state index is 13.0. The number of aromatic nitrogens is 1. The van der Waals surface area contributed by atoms with Gasteiger partial charge in [-0.2, -0.15) is 0 Å². The van der Waals surface area contributed by atoms with Gasteiger partial charge in [0.05, 0.1) is 29.3 Å². The molecular weight excluding hydrogens is 410 g/mol. The maximum Gasteiger partial charge on any atom is 0.308 e. The SMILES string of the molecule is O=C(CC1CSC2=NC3CCCCC3C(=O)N21)OCc1cc(-c2cccs2)on1. The van der Waals surface area contributed by atoms with E-state index in [4.69, 9.17) is 14.3 Å². The van der Waals surface area contributed by atoms with Crippen molar-refractivity contribution >= 4 is 40.1 Å². The van der Waals surface area contributed by atoms with E-state index in [0.29, 0.717) is 17.2 Å². The van der Waals surface area contributed by atoms with Crippen LogP contribution in [-0.2, 0) is 20.9 Å². The fraction of sp³-hybridized carbons (Fsp3) is 0.500. The molecule has 2 aromatic heterocycles. The van der Waals surface area contributed by atoms with Gasteiger partial charge in [0.15, 0.2) is 10.9 Å². The van der Waals surface area contributed by atoms with Crippen LogP contribution in [0.5, 0.6) is 0 Å². The Labute approximate surface area is 176 Å². The molecule has 7 nitrogen and oxygen atoms in total. The topological polar surface area (TPSA) is 85.0 Å². The van der Waals surface area contributed by atoms with E-state index >= 15 is 0 Å². The number of nitrogens with zero attached hydrogens (tertiary/aromatic N) is 3. The Hall–Kier alpha value is -2.13. The molecule has 0 spiro atoms. The van der Waals surface area contributed by atoms with E-state index in [-0.39, 0.29) is 42.9 Å². The lowest BCUT2D eigenvalue weighted by Crippen LogP contribution is -2.50. The summed E-state index contributed by atoms with van der Waals surface area (Å²) < 4.78 is 10.7. The Kier molecular flexibility index (Phi) is 5.17. The second-order valence-corrected chi connectivity index (χ2v) is 9.50. The fourth-order valence-corrected chi connectivity index (χ4v) is 6.06. The van der Waals surface area contributed by atoms with E-state index < -0.39 is 0 Å². The van der Waals surface area contributed by atoms with E-state index in [1.54, 1.807) is 34.1 Å². The van der Waals surface area contributed by atoms with Gasteiger partial charge in [0.25, 0.3) is 0 Å². The Morgan fingerprint density at radius 1 is 1.34 bits per heavy atom. The summed E-state index contributed by atoms with van der Waals surface area (Å²) in [5.74, 6) is 1.14. The number of ether oxygens (including phenoxy) is 1. The van der Waals surface area contributed by atoms with Crippen LogP contribution in [0.25, 0.3) is 10.6 Å². The second-order valence-electron chi connectivity index (χ2n) is 7.57. The number of rotatable bonds is 5. The van der Waals surface area contributed by atoms with Gasteiger partial charge in [-0.1, -0.05) is 35.8 Å². The Morgan fingerprint density at radius 3 is 3.10 bits per heavy atom. The molecule has 3 aliphatic rings. The van der Waals surface area contributed by atoms with Gasteiger partial charge in [-0.25, -0.2) is 0 Å². The Balaban J connectivity index is 1.19. The van der Waals surface area contributed by atoms with Gasteiger partial charge in [-0.3, -0.25) is 19.5 Å². The van der Waals surface area contributed by atoms with Crippen LogP contribution in [-0.4, -0.2) is 44.9 Å². The predicted octanol–water partition coefficient (Wildman–Crippen LogP) is 3.71. The molecule has 0 N–H and O–H groups in total. The van der Waals surface area contributed by atoms with Crippen LogP contribution in [0, 0.1) is 5.92 Å². The lowest BCUT2D eigenvalue weighted by atomic mass is 9.83. The number of amidine groups is 1. The third-order valence-electron chi connectivity index (χ3n) is 5.64. The number of esters is 1. The number of fused-ring (bicyclic) bond motifs is 2. The lowest BCUT2D eigenvalue weighted by molar-refractivity contribution is -0.147. The molecule has 1 saturated heterocycles. The van der Waals surface area contributed by atoms with Gasteiger partial charge in [0.1, 0.15) is 12.3 Å². The summed E-state index contributed by atoms with van der Waals surface area (Å²) >= 11 is 3.13. The number of thiophene rings is 1. The molecule has 1 saturated carbocycles. The first-order chi connectivity index (χ1) is 14.2. The van der Waals surface area contributed by atoms with Crippen LogP contribution in [0.15, 0.2) is 33.1 Å². The molecule has 9 heteroatoms. The smallest absolute Gasteiger partial charge is 0.308 e. The van der Waals surface area contributed by atoms with Crippen molar-refractivity contribution < 1.29 is 18.8 Å². The number of thioether (sulfide) groups is 1. The number of hydrogen-bond acceptors (Lipinski definition) is 8. The normalized spacial score (nSPS) is 26.1. The van der Waals surface area contributed by atoms with E-state index in [9.17, 15) is 9.59 Å². The zero-order valence-electron chi connectivity index (χ0n) is 15.8. The van der Waals surface area contributed by atoms with E-state index in [0.717, 1.165) is 35.7 Å². The molecule has 5 rings (SSSR count). The average molecular weight is 432 g/mol. The highest BCUT2D eigenvalue weighted by Crippen LogP contribution is 2.38. The van der Waals surface area contributed by atoms with Crippen LogP contribution in [0.2, 0.25) is 0 Å². The molecule has 152 valence electrons. The molecule has 2 aliphatic heterocycles. The van der Waals surface area contributed by atoms with Crippen molar-refractivity contribution in [1.82, 2.24) is 10.1 Å². The summed E-state index contributed by atoms with van der Waals surface area (Å²) in [4.78, 5) is 32.9. The molecule has 2 fully saturated rings. The van der Waals surface area contributed by atoms with E-state index in [2.05, 4.69) is 5.16 Å². The fourth-order valence-electron chi connectivity index (χ4n) is 4.19. The van der Waals surface area contributed by atoms with Crippen molar-refractivity contribution in [2.75, 3.05) is 5.75 Å². The molecule has 3 atom stereocenters. The van der Waals surface area contributed by atoms with Crippen molar-refractivity contribution in [3.63, 3.8) is 0 Å². The first kappa shape index (κ1) is 18.9. The monoisotopic (exact) mass is 431 g/mol. The van der Waals surface area contributed by atoms with E-state index in [1.165, 1.54) is 0 Å². The molecule has 3 unspecified atom stereocenters. The minimum Gasteiger partial charge on any atom is -0.459 e. The van der Waals surface area contributed by atoms with Crippen molar-refractivity contribution in [3.05, 3.63) is 29.3 Å². The zero-order chi connectivity index (χ0) is 19.8. The van der Waals surface area contributed by atoms with Gasteiger partial charge in [-0.05, 0) is 24.3 Å². The van der Waals surface area contributed by atoms with Crippen LogP contribution in [0.4, 0.5) is 0 Å².